The van der Waals surface area contributed by atoms with E-state index in [0.717, 1.165) is 4.88 Å². The van der Waals surface area contributed by atoms with Crippen LogP contribution in [0.25, 0.3) is 0 Å². The molecule has 0 saturated heterocycles. The van der Waals surface area contributed by atoms with Gasteiger partial charge in [0.05, 0.1) is 6.04 Å². The van der Waals surface area contributed by atoms with Crippen molar-refractivity contribution in [2.24, 2.45) is 5.73 Å². The van der Waals surface area contributed by atoms with Crippen LogP contribution in [-0.2, 0) is 6.54 Å². The molecular weight excluding hydrogens is 266 g/mol. The quantitative estimate of drug-likeness (QED) is 0.912. The second kappa shape index (κ2) is 6.23. The molecule has 1 unspecified atom stereocenters. The number of hydrogen-bond acceptors (Lipinski definition) is 3. The van der Waals surface area contributed by atoms with E-state index >= 15 is 0 Å². The Morgan fingerprint density at radius 2 is 1.89 bits per heavy atom. The van der Waals surface area contributed by atoms with Crippen molar-refractivity contribution in [1.29, 1.82) is 0 Å². The molecule has 1 atom stereocenters. The number of benzene rings is 1. The lowest BCUT2D eigenvalue weighted by Gasteiger charge is -2.27. The maximum atomic E-state index is 13.8. The topological polar surface area (TPSA) is 29.3 Å². The van der Waals surface area contributed by atoms with Crippen molar-refractivity contribution >= 4 is 11.3 Å². The monoisotopic (exact) mass is 282 g/mol. The Bertz CT molecular complexity index is 508. The van der Waals surface area contributed by atoms with Crippen LogP contribution in [0.2, 0.25) is 0 Å². The maximum absolute atomic E-state index is 13.8. The van der Waals surface area contributed by atoms with E-state index in [-0.39, 0.29) is 12.1 Å². The van der Waals surface area contributed by atoms with Crippen molar-refractivity contribution in [2.45, 2.75) is 12.6 Å². The van der Waals surface area contributed by atoms with Crippen LogP contribution in [0.3, 0.4) is 0 Å². The fourth-order valence-electron chi connectivity index (χ4n) is 2.11. The molecule has 0 aliphatic rings. The summed E-state index contributed by atoms with van der Waals surface area (Å²) in [6.45, 7) is 0.785. The van der Waals surface area contributed by atoms with Gasteiger partial charge in [0.15, 0.2) is 0 Å². The smallest absolute Gasteiger partial charge is 0.130 e. The van der Waals surface area contributed by atoms with E-state index in [1.165, 1.54) is 18.2 Å². The summed E-state index contributed by atoms with van der Waals surface area (Å²) in [5.41, 5.74) is 5.75. The molecule has 102 valence electrons. The SMILES string of the molecule is CN(Cc1cccs1)C(CN)c1c(F)cccc1F. The zero-order valence-electron chi connectivity index (χ0n) is 10.6. The highest BCUT2D eigenvalue weighted by molar-refractivity contribution is 7.09. The molecule has 0 amide bonds. The van der Waals surface area contributed by atoms with Gasteiger partial charge in [-0.3, -0.25) is 4.90 Å². The number of halogens is 2. The third-order valence-corrected chi connectivity index (χ3v) is 3.93. The summed E-state index contributed by atoms with van der Waals surface area (Å²) in [6, 6.07) is 7.37. The molecule has 1 aromatic carbocycles. The van der Waals surface area contributed by atoms with Gasteiger partial charge in [-0.15, -0.1) is 11.3 Å². The van der Waals surface area contributed by atoms with Gasteiger partial charge in [-0.05, 0) is 30.6 Å². The molecule has 0 bridgehead atoms. The number of nitrogens with two attached hydrogens (primary N) is 1. The third-order valence-electron chi connectivity index (χ3n) is 3.07. The van der Waals surface area contributed by atoms with Gasteiger partial charge >= 0.3 is 0 Å². The highest BCUT2D eigenvalue weighted by atomic mass is 32.1. The average Bonchev–Trinajstić information content (AvgIpc) is 2.86. The van der Waals surface area contributed by atoms with E-state index in [2.05, 4.69) is 0 Å². The zero-order valence-corrected chi connectivity index (χ0v) is 11.5. The maximum Gasteiger partial charge on any atom is 0.130 e. The molecule has 1 aromatic heterocycles. The number of rotatable bonds is 5. The molecule has 0 spiro atoms. The highest BCUT2D eigenvalue weighted by Gasteiger charge is 2.22. The van der Waals surface area contributed by atoms with Gasteiger partial charge in [-0.1, -0.05) is 12.1 Å². The largest absolute Gasteiger partial charge is 0.329 e. The van der Waals surface area contributed by atoms with E-state index in [1.54, 1.807) is 11.3 Å². The van der Waals surface area contributed by atoms with Crippen molar-refractivity contribution in [3.05, 3.63) is 57.8 Å². The minimum Gasteiger partial charge on any atom is -0.329 e. The Kier molecular flexibility index (Phi) is 4.63. The van der Waals surface area contributed by atoms with Crippen LogP contribution in [0.1, 0.15) is 16.5 Å². The number of hydrogen-bond donors (Lipinski definition) is 1. The molecule has 2 rings (SSSR count). The first-order valence-electron chi connectivity index (χ1n) is 6.00. The molecule has 2 nitrogen and oxygen atoms in total. The summed E-state index contributed by atoms with van der Waals surface area (Å²) in [7, 11) is 1.82. The van der Waals surface area contributed by atoms with Crippen LogP contribution in [0, 0.1) is 11.6 Å². The van der Waals surface area contributed by atoms with Crippen LogP contribution in [0.4, 0.5) is 8.78 Å². The Labute approximate surface area is 115 Å². The van der Waals surface area contributed by atoms with Crippen molar-refractivity contribution in [1.82, 2.24) is 4.90 Å². The van der Waals surface area contributed by atoms with Crippen molar-refractivity contribution < 1.29 is 8.78 Å². The van der Waals surface area contributed by atoms with Crippen molar-refractivity contribution in [3.63, 3.8) is 0 Å². The van der Waals surface area contributed by atoms with E-state index in [9.17, 15) is 8.78 Å². The first-order chi connectivity index (χ1) is 9.13. The van der Waals surface area contributed by atoms with Crippen LogP contribution < -0.4 is 5.73 Å². The van der Waals surface area contributed by atoms with Crippen molar-refractivity contribution in [3.8, 4) is 0 Å². The van der Waals surface area contributed by atoms with Crippen LogP contribution in [0.5, 0.6) is 0 Å². The number of likely N-dealkylation sites (N-methyl/N-ethyl adjacent to an activating group) is 1. The summed E-state index contributed by atoms with van der Waals surface area (Å²) in [4.78, 5) is 3.01. The van der Waals surface area contributed by atoms with E-state index in [4.69, 9.17) is 5.73 Å². The van der Waals surface area contributed by atoms with E-state index < -0.39 is 17.7 Å². The Morgan fingerprint density at radius 1 is 1.21 bits per heavy atom. The predicted molar refractivity (Wildman–Crippen MR) is 73.9 cm³/mol. The van der Waals surface area contributed by atoms with Crippen molar-refractivity contribution in [2.75, 3.05) is 13.6 Å². The lowest BCUT2D eigenvalue weighted by molar-refractivity contribution is 0.233. The van der Waals surface area contributed by atoms with Gasteiger partial charge in [-0.2, -0.15) is 0 Å². The second-order valence-electron chi connectivity index (χ2n) is 4.38. The Hall–Kier alpha value is -1.30. The molecule has 0 radical (unpaired) electrons. The van der Waals surface area contributed by atoms with Crippen LogP contribution in [-0.4, -0.2) is 18.5 Å². The van der Waals surface area contributed by atoms with Gasteiger partial charge < -0.3 is 5.73 Å². The normalized spacial score (nSPS) is 12.9. The summed E-state index contributed by atoms with van der Waals surface area (Å²) in [6.07, 6.45) is 0. The first kappa shape index (κ1) is 14.1. The molecule has 5 heteroatoms. The molecule has 1 heterocycles. The van der Waals surface area contributed by atoms with Crippen LogP contribution in [0.15, 0.2) is 35.7 Å². The number of thiophene rings is 1. The molecule has 0 aliphatic carbocycles. The first-order valence-corrected chi connectivity index (χ1v) is 6.88. The minimum absolute atomic E-state index is 0.0454. The Balaban J connectivity index is 2.24. The third kappa shape index (κ3) is 3.18. The molecular formula is C14H16F2N2S. The number of nitrogens with zero attached hydrogens (tertiary/aromatic N) is 1. The van der Waals surface area contributed by atoms with Crippen LogP contribution >= 0.6 is 11.3 Å². The van der Waals surface area contributed by atoms with Gasteiger partial charge in [0, 0.05) is 23.5 Å². The van der Waals surface area contributed by atoms with Gasteiger partial charge in [0.25, 0.3) is 0 Å². The van der Waals surface area contributed by atoms with Gasteiger partial charge in [0.2, 0.25) is 0 Å². The molecule has 0 saturated carbocycles. The summed E-state index contributed by atoms with van der Waals surface area (Å²) >= 11 is 1.61. The summed E-state index contributed by atoms with van der Waals surface area (Å²) in [5, 5.41) is 1.98. The fraction of sp³-hybridized carbons (Fsp3) is 0.286. The highest BCUT2D eigenvalue weighted by Crippen LogP contribution is 2.26. The fourth-order valence-corrected chi connectivity index (χ4v) is 2.87. The lowest BCUT2D eigenvalue weighted by atomic mass is 10.0. The zero-order chi connectivity index (χ0) is 13.8. The van der Waals surface area contributed by atoms with E-state index in [1.807, 2.05) is 29.5 Å². The minimum atomic E-state index is -0.548. The second-order valence-corrected chi connectivity index (χ2v) is 5.41. The molecule has 19 heavy (non-hydrogen) atoms. The van der Waals surface area contributed by atoms with Gasteiger partial charge in [-0.25, -0.2) is 8.78 Å². The van der Waals surface area contributed by atoms with E-state index in [0.29, 0.717) is 6.54 Å². The summed E-state index contributed by atoms with van der Waals surface area (Å²) < 4.78 is 27.6. The predicted octanol–water partition coefficient (Wildman–Crippen LogP) is 3.16. The molecule has 2 N–H and O–H groups in total. The molecule has 0 fully saturated rings. The van der Waals surface area contributed by atoms with Gasteiger partial charge in [0.1, 0.15) is 11.6 Å². The standard InChI is InChI=1S/C14H16F2N2S/c1-18(9-10-4-3-7-19-10)13(8-17)14-11(15)5-2-6-12(14)16/h2-7,13H,8-9,17H2,1H3. The lowest BCUT2D eigenvalue weighted by Crippen LogP contribution is -2.31. The summed E-state index contributed by atoms with van der Waals surface area (Å²) in [5.74, 6) is -1.10. The Morgan fingerprint density at radius 3 is 2.42 bits per heavy atom. The average molecular weight is 282 g/mol. The molecule has 0 aliphatic heterocycles. The molecule has 2 aromatic rings.